The van der Waals surface area contributed by atoms with Crippen LogP contribution < -0.4 is 0 Å². The summed E-state index contributed by atoms with van der Waals surface area (Å²) in [7, 11) is 0. The fourth-order valence-corrected chi connectivity index (χ4v) is 2.56. The second-order valence-electron chi connectivity index (χ2n) is 5.01. The van der Waals surface area contributed by atoms with Gasteiger partial charge in [0.15, 0.2) is 0 Å². The van der Waals surface area contributed by atoms with Gasteiger partial charge in [0.05, 0.1) is 11.5 Å². The lowest BCUT2D eigenvalue weighted by atomic mass is 9.60. The molecular formula is C14H17N. The first kappa shape index (κ1) is 10.2. The maximum absolute atomic E-state index is 9.32. The molecule has 0 aliphatic heterocycles. The van der Waals surface area contributed by atoms with Gasteiger partial charge in [-0.3, -0.25) is 0 Å². The average molecular weight is 199 g/mol. The number of nitriles is 1. The third-order valence-corrected chi connectivity index (χ3v) is 3.67. The zero-order valence-electron chi connectivity index (χ0n) is 9.67. The van der Waals surface area contributed by atoms with E-state index in [9.17, 15) is 5.26 Å². The largest absolute Gasteiger partial charge is 0.197 e. The summed E-state index contributed by atoms with van der Waals surface area (Å²) in [6.45, 7) is 6.45. The van der Waals surface area contributed by atoms with Gasteiger partial charge in [0.2, 0.25) is 0 Å². The van der Waals surface area contributed by atoms with Crippen molar-refractivity contribution < 1.29 is 0 Å². The number of benzene rings is 1. The smallest absolute Gasteiger partial charge is 0.0827 e. The Morgan fingerprint density at radius 2 is 1.93 bits per heavy atom. The predicted molar refractivity (Wildman–Crippen MR) is 61.6 cm³/mol. The number of hydrogen-bond acceptors (Lipinski definition) is 1. The Morgan fingerprint density at radius 1 is 1.27 bits per heavy atom. The van der Waals surface area contributed by atoms with E-state index in [-0.39, 0.29) is 5.41 Å². The Bertz CT molecular complexity index is 419. The number of rotatable bonds is 1. The zero-order valence-corrected chi connectivity index (χ0v) is 9.67. The van der Waals surface area contributed by atoms with E-state index in [0.29, 0.717) is 5.92 Å². The number of hydrogen-bond donors (Lipinski definition) is 0. The molecule has 1 aliphatic rings. The van der Waals surface area contributed by atoms with Crippen molar-refractivity contribution in [2.24, 2.45) is 5.92 Å². The molecule has 0 unspecified atom stereocenters. The van der Waals surface area contributed by atoms with Crippen LogP contribution in [-0.2, 0) is 5.41 Å². The highest BCUT2D eigenvalue weighted by Crippen LogP contribution is 2.47. The Hall–Kier alpha value is -1.29. The van der Waals surface area contributed by atoms with Crippen LogP contribution in [-0.4, -0.2) is 0 Å². The lowest BCUT2D eigenvalue weighted by Gasteiger charge is -2.41. The summed E-state index contributed by atoms with van der Waals surface area (Å²) >= 11 is 0. The number of aryl methyl sites for hydroxylation is 2. The van der Waals surface area contributed by atoms with Gasteiger partial charge in [-0.15, -0.1) is 0 Å². The van der Waals surface area contributed by atoms with E-state index in [1.807, 2.05) is 0 Å². The molecule has 1 aromatic carbocycles. The third kappa shape index (κ3) is 1.55. The van der Waals surface area contributed by atoms with E-state index in [2.05, 4.69) is 45.0 Å². The third-order valence-electron chi connectivity index (χ3n) is 3.67. The lowest BCUT2D eigenvalue weighted by molar-refractivity contribution is 0.217. The van der Waals surface area contributed by atoms with Crippen LogP contribution in [0.2, 0.25) is 0 Å². The van der Waals surface area contributed by atoms with Crippen molar-refractivity contribution in [1.82, 2.24) is 0 Å². The van der Waals surface area contributed by atoms with Crippen LogP contribution in [0.4, 0.5) is 0 Å². The van der Waals surface area contributed by atoms with E-state index in [1.54, 1.807) is 0 Å². The van der Waals surface area contributed by atoms with E-state index in [0.717, 1.165) is 12.8 Å². The van der Waals surface area contributed by atoms with Gasteiger partial charge in [-0.2, -0.15) is 5.26 Å². The highest BCUT2D eigenvalue weighted by atomic mass is 14.5. The normalized spacial score (nSPS) is 29.3. The number of nitrogens with zero attached hydrogens (tertiary/aromatic N) is 1. The second-order valence-corrected chi connectivity index (χ2v) is 5.01. The summed E-state index contributed by atoms with van der Waals surface area (Å²) in [6.07, 6.45) is 2.04. The molecule has 0 saturated heterocycles. The SMILES string of the molecule is Cc1ccc(C2(C#N)CC(C)C2)cc1C. The fraction of sp³-hybridized carbons (Fsp3) is 0.500. The molecule has 1 nitrogen and oxygen atoms in total. The minimum Gasteiger partial charge on any atom is -0.197 e. The second kappa shape index (κ2) is 3.38. The molecular weight excluding hydrogens is 182 g/mol. The quantitative estimate of drug-likeness (QED) is 0.679. The highest BCUT2D eigenvalue weighted by Gasteiger charge is 2.43. The minimum absolute atomic E-state index is 0.183. The van der Waals surface area contributed by atoms with Crippen LogP contribution in [0.3, 0.4) is 0 Å². The van der Waals surface area contributed by atoms with Gasteiger partial charge in [0, 0.05) is 0 Å². The first-order valence-electron chi connectivity index (χ1n) is 5.56. The molecule has 0 spiro atoms. The Morgan fingerprint density at radius 3 is 2.40 bits per heavy atom. The van der Waals surface area contributed by atoms with Crippen molar-refractivity contribution >= 4 is 0 Å². The topological polar surface area (TPSA) is 23.8 Å². The van der Waals surface area contributed by atoms with Crippen LogP contribution in [0, 0.1) is 31.1 Å². The standard InChI is InChI=1S/C14H17N/c1-10-7-14(8-10,9-15)13-5-4-11(2)12(3)6-13/h4-6,10H,7-8H2,1-3H3. The van der Waals surface area contributed by atoms with Crippen molar-refractivity contribution in [2.75, 3.05) is 0 Å². The summed E-state index contributed by atoms with van der Waals surface area (Å²) in [4.78, 5) is 0. The van der Waals surface area contributed by atoms with Gasteiger partial charge in [-0.25, -0.2) is 0 Å². The van der Waals surface area contributed by atoms with Gasteiger partial charge in [0.25, 0.3) is 0 Å². The van der Waals surface area contributed by atoms with Gasteiger partial charge in [-0.05, 0) is 49.3 Å². The van der Waals surface area contributed by atoms with Crippen LogP contribution in [0.5, 0.6) is 0 Å². The molecule has 1 heteroatoms. The predicted octanol–water partition coefficient (Wildman–Crippen LogP) is 3.49. The minimum atomic E-state index is -0.183. The first-order valence-corrected chi connectivity index (χ1v) is 5.56. The molecule has 1 aromatic rings. The Balaban J connectivity index is 2.38. The maximum atomic E-state index is 9.32. The fourth-order valence-electron chi connectivity index (χ4n) is 2.56. The molecule has 1 fully saturated rings. The van der Waals surface area contributed by atoms with Gasteiger partial charge >= 0.3 is 0 Å². The van der Waals surface area contributed by atoms with Crippen LogP contribution >= 0.6 is 0 Å². The summed E-state index contributed by atoms with van der Waals surface area (Å²) < 4.78 is 0. The molecule has 0 bridgehead atoms. The lowest BCUT2D eigenvalue weighted by Crippen LogP contribution is -2.38. The van der Waals surface area contributed by atoms with Crippen molar-refractivity contribution in [3.8, 4) is 6.07 Å². The van der Waals surface area contributed by atoms with Gasteiger partial charge < -0.3 is 0 Å². The van der Waals surface area contributed by atoms with Crippen molar-refractivity contribution in [2.45, 2.75) is 39.0 Å². The Labute approximate surface area is 91.7 Å². The summed E-state index contributed by atoms with van der Waals surface area (Å²) in [5.41, 5.74) is 3.63. The molecule has 78 valence electrons. The monoisotopic (exact) mass is 199 g/mol. The Kier molecular flexibility index (Phi) is 2.31. The molecule has 0 amide bonds. The van der Waals surface area contributed by atoms with Crippen LogP contribution in [0.1, 0.15) is 36.5 Å². The summed E-state index contributed by atoms with van der Waals surface area (Å²) in [5.74, 6) is 0.700. The van der Waals surface area contributed by atoms with Gasteiger partial charge in [0.1, 0.15) is 0 Å². The summed E-state index contributed by atoms with van der Waals surface area (Å²) in [5, 5.41) is 9.32. The van der Waals surface area contributed by atoms with E-state index in [4.69, 9.17) is 0 Å². The molecule has 0 radical (unpaired) electrons. The van der Waals surface area contributed by atoms with E-state index < -0.39 is 0 Å². The first-order chi connectivity index (χ1) is 7.07. The van der Waals surface area contributed by atoms with E-state index >= 15 is 0 Å². The molecule has 0 N–H and O–H groups in total. The molecule has 0 aromatic heterocycles. The van der Waals surface area contributed by atoms with Crippen LogP contribution in [0.15, 0.2) is 18.2 Å². The molecule has 0 heterocycles. The van der Waals surface area contributed by atoms with Crippen LogP contribution in [0.25, 0.3) is 0 Å². The highest BCUT2D eigenvalue weighted by molar-refractivity contribution is 5.40. The maximum Gasteiger partial charge on any atom is 0.0827 e. The average Bonchev–Trinajstić information content (AvgIpc) is 2.17. The van der Waals surface area contributed by atoms with Crippen molar-refractivity contribution in [3.63, 3.8) is 0 Å². The van der Waals surface area contributed by atoms with E-state index in [1.165, 1.54) is 16.7 Å². The molecule has 1 saturated carbocycles. The molecule has 0 atom stereocenters. The molecule has 15 heavy (non-hydrogen) atoms. The zero-order chi connectivity index (χ0) is 11.1. The molecule has 2 rings (SSSR count). The van der Waals surface area contributed by atoms with Crippen molar-refractivity contribution in [3.05, 3.63) is 34.9 Å². The molecule has 1 aliphatic carbocycles. The van der Waals surface area contributed by atoms with Gasteiger partial charge in [-0.1, -0.05) is 25.1 Å². The van der Waals surface area contributed by atoms with Crippen molar-refractivity contribution in [1.29, 1.82) is 5.26 Å². The summed E-state index contributed by atoms with van der Waals surface area (Å²) in [6, 6.07) is 8.95.